The van der Waals surface area contributed by atoms with Crippen LogP contribution in [0.15, 0.2) is 54.3 Å². The van der Waals surface area contributed by atoms with E-state index in [1.54, 1.807) is 24.3 Å². The van der Waals surface area contributed by atoms with Crippen molar-refractivity contribution in [2.75, 3.05) is 5.32 Å². The van der Waals surface area contributed by atoms with Crippen molar-refractivity contribution in [1.29, 1.82) is 0 Å². The molecule has 0 radical (unpaired) electrons. The second-order valence-electron chi connectivity index (χ2n) is 7.96. The number of allylic oxidation sites excluding steroid dienone is 4. The highest BCUT2D eigenvalue weighted by atomic mass is 127. The van der Waals surface area contributed by atoms with Crippen LogP contribution < -0.4 is 15.5 Å². The number of anilines is 1. The van der Waals surface area contributed by atoms with Crippen LogP contribution in [0.25, 0.3) is 5.57 Å². The minimum Gasteiger partial charge on any atom is -0.455 e. The highest BCUT2D eigenvalue weighted by molar-refractivity contribution is 14.2. The van der Waals surface area contributed by atoms with Gasteiger partial charge in [0, 0.05) is 30.4 Å². The predicted octanol–water partition coefficient (Wildman–Crippen LogP) is 5.77. The molecule has 0 saturated carbocycles. The molecule has 3 rings (SSSR count). The average Bonchev–Trinajstić information content (AvgIpc) is 3.19. The van der Waals surface area contributed by atoms with Crippen molar-refractivity contribution in [3.63, 3.8) is 0 Å². The Balaban J connectivity index is 2.02. The number of rotatable bonds is 10. The number of nitrogens with zero attached hydrogens (tertiary/aromatic N) is 2. The number of hydrogen-bond donors (Lipinski definition) is 2. The zero-order chi connectivity index (χ0) is 24.0. The zero-order valence-corrected chi connectivity index (χ0v) is 21.9. The molecule has 2 heterocycles. The monoisotopic (exact) mass is 563 g/mol. The Morgan fingerprint density at radius 2 is 2.06 bits per heavy atom. The molecule has 5 nitrogen and oxygen atoms in total. The van der Waals surface area contributed by atoms with Crippen molar-refractivity contribution in [2.24, 2.45) is 0 Å². The first kappa shape index (κ1) is 25.1. The molecular formula is C26H33FIN4O+. The van der Waals surface area contributed by atoms with E-state index in [9.17, 15) is 4.39 Å². The molecule has 0 bridgehead atoms. The Morgan fingerprint density at radius 1 is 1.30 bits per heavy atom. The number of fused-ring (bicyclic) bond motifs is 1. The van der Waals surface area contributed by atoms with Gasteiger partial charge < -0.3 is 10.1 Å². The second-order valence-corrected chi connectivity index (χ2v) is 10.4. The summed E-state index contributed by atoms with van der Waals surface area (Å²) >= 11 is -0.409. The number of benzene rings is 1. The summed E-state index contributed by atoms with van der Waals surface area (Å²) in [5.74, 6) is 1.06. The van der Waals surface area contributed by atoms with Gasteiger partial charge in [-0.15, -0.1) is 0 Å². The molecule has 1 atom stereocenters. The summed E-state index contributed by atoms with van der Waals surface area (Å²) in [6, 6.07) is 6.61. The number of nitrogens with two attached hydrogens (primary N) is 1. The first-order valence-electron chi connectivity index (χ1n) is 11.4. The normalized spacial score (nSPS) is 14.9. The van der Waals surface area contributed by atoms with E-state index in [1.807, 2.05) is 6.08 Å². The van der Waals surface area contributed by atoms with Gasteiger partial charge in [0.2, 0.25) is 3.72 Å². The van der Waals surface area contributed by atoms with E-state index in [0.29, 0.717) is 11.8 Å². The average molecular weight is 563 g/mol. The number of ether oxygens (including phenoxy) is 1. The largest absolute Gasteiger partial charge is 0.455 e. The summed E-state index contributed by atoms with van der Waals surface area (Å²) < 4.78 is 24.7. The molecule has 0 spiro atoms. The van der Waals surface area contributed by atoms with E-state index >= 15 is 0 Å². The number of para-hydroxylation sites is 1. The van der Waals surface area contributed by atoms with Crippen LogP contribution in [0.3, 0.4) is 0 Å². The standard InChI is InChI=1S/C26H32FIN4O/c1-6-11-19(8-3)32-26-23(25(29)28-16-30-26)24(31-32)20(17(4)7-2)15-14-18(5)33-22-13-10-9-12-21(22)27/h9-10,12-16,19,29-30H,5-8,11H2,1-4H3/p+1. The minimum atomic E-state index is -0.421. The van der Waals surface area contributed by atoms with Gasteiger partial charge in [0.25, 0.3) is 0 Å². The lowest BCUT2D eigenvalue weighted by molar-refractivity contribution is -0.106. The highest BCUT2D eigenvalue weighted by Crippen LogP contribution is 2.36. The molecule has 33 heavy (non-hydrogen) atoms. The zero-order valence-electron chi connectivity index (χ0n) is 19.8. The first-order valence-corrected chi connectivity index (χ1v) is 13.7. The maximum Gasteiger partial charge on any atom is 0.241 e. The van der Waals surface area contributed by atoms with Gasteiger partial charge in [-0.25, -0.2) is 14.5 Å². The Hall–Kier alpha value is -2.55. The Labute approximate surface area is 205 Å². The van der Waals surface area contributed by atoms with Gasteiger partial charge in [0.1, 0.15) is 22.8 Å². The number of halogens is 2. The van der Waals surface area contributed by atoms with Gasteiger partial charge in [-0.3, -0.25) is 0 Å². The van der Waals surface area contributed by atoms with Crippen LogP contribution in [-0.4, -0.2) is 17.6 Å². The van der Waals surface area contributed by atoms with Gasteiger partial charge in [-0.05, 0) is 50.5 Å². The van der Waals surface area contributed by atoms with Gasteiger partial charge in [0.15, 0.2) is 11.6 Å². The Bertz CT molecular complexity index is 1130. The van der Waals surface area contributed by atoms with E-state index < -0.39 is 26.5 Å². The van der Waals surface area contributed by atoms with Gasteiger partial charge in [-0.2, -0.15) is 5.10 Å². The summed E-state index contributed by atoms with van der Waals surface area (Å²) in [6.45, 7) is 12.6. The fourth-order valence-electron chi connectivity index (χ4n) is 3.77. The SMILES string of the molecule is C=C(C=CC(=C(C)CC)c1nn(C(CC)CCC)c2c1C(=[NH2+])I=CN2)Oc1ccccc1F. The maximum atomic E-state index is 14.0. The number of nitrogens with one attached hydrogen (secondary N) is 1. The fraction of sp³-hybridized carbons (Fsp3) is 0.346. The maximum absolute atomic E-state index is 14.0. The van der Waals surface area contributed by atoms with Crippen LogP contribution in [0.4, 0.5) is 10.2 Å². The third-order valence-electron chi connectivity index (χ3n) is 5.71. The predicted molar refractivity (Wildman–Crippen MR) is 144 cm³/mol. The molecule has 1 unspecified atom stereocenters. The molecule has 0 fully saturated rings. The van der Waals surface area contributed by atoms with Crippen molar-refractivity contribution >= 4 is 40.0 Å². The molecule has 1 aromatic heterocycles. The molecule has 0 saturated heterocycles. The molecule has 1 aliphatic heterocycles. The Kier molecular flexibility index (Phi) is 8.77. The van der Waals surface area contributed by atoms with E-state index in [2.05, 4.69) is 48.4 Å². The van der Waals surface area contributed by atoms with Crippen LogP contribution in [0.2, 0.25) is 0 Å². The first-order chi connectivity index (χ1) is 15.9. The summed E-state index contributed by atoms with van der Waals surface area (Å²) in [7, 11) is 0. The minimum absolute atomic E-state index is 0.152. The summed E-state index contributed by atoms with van der Waals surface area (Å²) in [6.07, 6.45) is 7.72. The lowest BCUT2D eigenvalue weighted by Crippen LogP contribution is -2.38. The highest BCUT2D eigenvalue weighted by Gasteiger charge is 2.30. The molecule has 0 amide bonds. The summed E-state index contributed by atoms with van der Waals surface area (Å²) in [4.78, 5) is 0. The van der Waals surface area contributed by atoms with Gasteiger partial charge in [-0.1, -0.05) is 51.5 Å². The summed E-state index contributed by atoms with van der Waals surface area (Å²) in [5, 5.41) is 15.1. The van der Waals surface area contributed by atoms with Crippen LogP contribution >= 0.6 is 20.7 Å². The van der Waals surface area contributed by atoms with Crippen molar-refractivity contribution in [1.82, 2.24) is 9.78 Å². The smallest absolute Gasteiger partial charge is 0.241 e. The topological polar surface area (TPSA) is 64.7 Å². The third kappa shape index (κ3) is 5.69. The van der Waals surface area contributed by atoms with E-state index in [4.69, 9.17) is 15.2 Å². The van der Waals surface area contributed by atoms with Gasteiger partial charge >= 0.3 is 0 Å². The van der Waals surface area contributed by atoms with Crippen LogP contribution in [0.5, 0.6) is 5.75 Å². The molecule has 1 aromatic carbocycles. The number of hydrogen-bond acceptors (Lipinski definition) is 3. The molecule has 3 N–H and O–H groups in total. The quantitative estimate of drug-likeness (QED) is 0.219. The second kappa shape index (κ2) is 11.5. The molecular weight excluding hydrogens is 530 g/mol. The lowest BCUT2D eigenvalue weighted by Gasteiger charge is -2.18. The van der Waals surface area contributed by atoms with E-state index in [0.717, 1.165) is 52.1 Å². The fourth-order valence-corrected chi connectivity index (χ4v) is 5.38. The van der Waals surface area contributed by atoms with Crippen molar-refractivity contribution in [3.8, 4) is 5.75 Å². The molecule has 2 aromatic rings. The van der Waals surface area contributed by atoms with Gasteiger partial charge in [0.05, 0.1) is 6.04 Å². The van der Waals surface area contributed by atoms with Crippen molar-refractivity contribution < 1.29 is 14.5 Å². The molecule has 176 valence electrons. The molecule has 7 heteroatoms. The van der Waals surface area contributed by atoms with Crippen LogP contribution in [0.1, 0.15) is 70.7 Å². The third-order valence-corrected chi connectivity index (χ3v) is 7.54. The van der Waals surface area contributed by atoms with Crippen LogP contribution in [-0.2, 0) is 0 Å². The van der Waals surface area contributed by atoms with Crippen LogP contribution in [0, 0.1) is 5.82 Å². The molecule has 1 aliphatic rings. The molecule has 0 aliphatic carbocycles. The van der Waals surface area contributed by atoms with Crippen molar-refractivity contribution in [2.45, 2.75) is 59.4 Å². The Morgan fingerprint density at radius 3 is 2.73 bits per heavy atom. The van der Waals surface area contributed by atoms with E-state index in [1.165, 1.54) is 11.6 Å². The summed E-state index contributed by atoms with van der Waals surface area (Å²) in [5.41, 5.74) is 4.06. The lowest BCUT2D eigenvalue weighted by atomic mass is 10.0. The van der Waals surface area contributed by atoms with Crippen molar-refractivity contribution in [3.05, 3.63) is 71.4 Å². The van der Waals surface area contributed by atoms with E-state index in [-0.39, 0.29) is 5.75 Å². The number of aromatic nitrogens is 2.